The lowest BCUT2D eigenvalue weighted by molar-refractivity contribution is -0.0466. The van der Waals surface area contributed by atoms with Crippen LogP contribution in [0.15, 0.2) is 0 Å². The quantitative estimate of drug-likeness (QED) is 0.595. The summed E-state index contributed by atoms with van der Waals surface area (Å²) >= 11 is 0. The highest BCUT2D eigenvalue weighted by Crippen LogP contribution is 2.44. The summed E-state index contributed by atoms with van der Waals surface area (Å²) < 4.78 is 18.8. The first kappa shape index (κ1) is 17.1. The van der Waals surface area contributed by atoms with Crippen LogP contribution in [0.5, 0.6) is 0 Å². The SMILES string of the molecule is CCCCC1(OCC)CCCC[Si]1(OCC)OCC. The second-order valence-corrected chi connectivity index (χ2v) is 8.85. The van der Waals surface area contributed by atoms with E-state index in [9.17, 15) is 0 Å². The average molecular weight is 289 g/mol. The van der Waals surface area contributed by atoms with Gasteiger partial charge in [-0.2, -0.15) is 0 Å². The number of hydrogen-bond donors (Lipinski definition) is 0. The first-order valence-electron chi connectivity index (χ1n) is 8.12. The van der Waals surface area contributed by atoms with Crippen LogP contribution in [0.3, 0.4) is 0 Å². The Labute approximate surface area is 120 Å². The normalized spacial score (nSPS) is 26.5. The Morgan fingerprint density at radius 1 is 0.947 bits per heavy atom. The van der Waals surface area contributed by atoms with E-state index in [0.717, 1.165) is 38.7 Å². The Hall–Kier alpha value is 0.0969. The zero-order valence-corrected chi connectivity index (χ0v) is 14.3. The number of hydrogen-bond acceptors (Lipinski definition) is 3. The van der Waals surface area contributed by atoms with Crippen molar-refractivity contribution in [3.8, 4) is 0 Å². The van der Waals surface area contributed by atoms with Crippen LogP contribution in [0.25, 0.3) is 0 Å². The second-order valence-electron chi connectivity index (χ2n) is 5.36. The van der Waals surface area contributed by atoms with E-state index >= 15 is 0 Å². The molecular weight excluding hydrogens is 256 g/mol. The molecular formula is C15H32O3Si. The molecule has 1 rings (SSSR count). The van der Waals surface area contributed by atoms with Crippen LogP contribution in [0, 0.1) is 0 Å². The maximum atomic E-state index is 6.31. The van der Waals surface area contributed by atoms with E-state index in [0.29, 0.717) is 0 Å². The summed E-state index contributed by atoms with van der Waals surface area (Å²) in [5.41, 5.74) is 0. The number of ether oxygens (including phenoxy) is 1. The topological polar surface area (TPSA) is 27.7 Å². The minimum Gasteiger partial charge on any atom is -0.393 e. The summed E-state index contributed by atoms with van der Waals surface area (Å²) in [7, 11) is -2.24. The summed E-state index contributed by atoms with van der Waals surface area (Å²) in [6, 6.07) is 1.10. The van der Waals surface area contributed by atoms with Crippen molar-refractivity contribution in [3.63, 3.8) is 0 Å². The zero-order valence-electron chi connectivity index (χ0n) is 13.3. The molecule has 1 heterocycles. The highest BCUT2D eigenvalue weighted by molar-refractivity contribution is 6.70. The fourth-order valence-electron chi connectivity index (χ4n) is 3.41. The second kappa shape index (κ2) is 8.40. The Morgan fingerprint density at radius 2 is 1.63 bits per heavy atom. The molecule has 1 atom stereocenters. The molecule has 1 unspecified atom stereocenters. The first-order valence-corrected chi connectivity index (χ1v) is 10.1. The van der Waals surface area contributed by atoms with Gasteiger partial charge in [0, 0.05) is 19.8 Å². The van der Waals surface area contributed by atoms with Crippen LogP contribution in [0.4, 0.5) is 0 Å². The minimum atomic E-state index is -2.24. The third-order valence-electron chi connectivity index (χ3n) is 4.14. The lowest BCUT2D eigenvalue weighted by Gasteiger charge is -2.49. The highest BCUT2D eigenvalue weighted by atomic mass is 28.4. The fourth-order valence-corrected chi connectivity index (χ4v) is 7.89. The molecule has 1 aliphatic heterocycles. The van der Waals surface area contributed by atoms with Crippen molar-refractivity contribution in [2.45, 2.75) is 77.5 Å². The van der Waals surface area contributed by atoms with Gasteiger partial charge >= 0.3 is 8.56 Å². The molecule has 0 saturated carbocycles. The largest absolute Gasteiger partial charge is 0.393 e. The van der Waals surface area contributed by atoms with Gasteiger partial charge in [-0.15, -0.1) is 0 Å². The van der Waals surface area contributed by atoms with Crippen LogP contribution >= 0.6 is 0 Å². The van der Waals surface area contributed by atoms with Crippen molar-refractivity contribution in [3.05, 3.63) is 0 Å². The lowest BCUT2D eigenvalue weighted by Crippen LogP contribution is -2.66. The van der Waals surface area contributed by atoms with E-state index < -0.39 is 8.56 Å². The van der Waals surface area contributed by atoms with Gasteiger partial charge in [-0.3, -0.25) is 0 Å². The molecule has 114 valence electrons. The molecule has 19 heavy (non-hydrogen) atoms. The molecule has 1 fully saturated rings. The Kier molecular flexibility index (Phi) is 7.58. The molecule has 1 aliphatic rings. The van der Waals surface area contributed by atoms with Gasteiger partial charge in [0.15, 0.2) is 0 Å². The fraction of sp³-hybridized carbons (Fsp3) is 1.00. The standard InChI is InChI=1S/C15H32O3Si/c1-5-9-12-15(16-6-2)13-10-11-14-19(15,17-7-3)18-8-4/h5-14H2,1-4H3. The number of unbranched alkanes of at least 4 members (excludes halogenated alkanes) is 1. The summed E-state index contributed by atoms with van der Waals surface area (Å²) in [5, 5.41) is -0.109. The van der Waals surface area contributed by atoms with E-state index in [1.807, 2.05) is 0 Å². The first-order chi connectivity index (χ1) is 9.20. The van der Waals surface area contributed by atoms with Crippen molar-refractivity contribution in [2.75, 3.05) is 19.8 Å². The zero-order chi connectivity index (χ0) is 14.2. The summed E-state index contributed by atoms with van der Waals surface area (Å²) in [6.07, 6.45) is 7.11. The predicted molar refractivity (Wildman–Crippen MR) is 81.5 cm³/mol. The van der Waals surface area contributed by atoms with Gasteiger partial charge in [0.25, 0.3) is 0 Å². The molecule has 0 bridgehead atoms. The van der Waals surface area contributed by atoms with Crippen LogP contribution < -0.4 is 0 Å². The summed E-state index contributed by atoms with van der Waals surface area (Å²) in [6.45, 7) is 10.8. The Morgan fingerprint density at radius 3 is 2.16 bits per heavy atom. The maximum Gasteiger partial charge on any atom is 0.371 e. The summed E-state index contributed by atoms with van der Waals surface area (Å²) in [4.78, 5) is 0. The van der Waals surface area contributed by atoms with E-state index in [2.05, 4.69) is 27.7 Å². The van der Waals surface area contributed by atoms with Gasteiger partial charge in [0.1, 0.15) is 5.22 Å². The smallest absolute Gasteiger partial charge is 0.371 e. The van der Waals surface area contributed by atoms with Crippen molar-refractivity contribution in [2.24, 2.45) is 0 Å². The van der Waals surface area contributed by atoms with Crippen LogP contribution in [-0.4, -0.2) is 33.6 Å². The van der Waals surface area contributed by atoms with Gasteiger partial charge in [0.2, 0.25) is 0 Å². The molecule has 0 aromatic heterocycles. The maximum absolute atomic E-state index is 6.31. The summed E-state index contributed by atoms with van der Waals surface area (Å²) in [5.74, 6) is 0. The predicted octanol–water partition coefficient (Wildman–Crippen LogP) is 4.19. The van der Waals surface area contributed by atoms with E-state index in [1.165, 1.54) is 25.7 Å². The third-order valence-corrected chi connectivity index (χ3v) is 8.69. The van der Waals surface area contributed by atoms with Gasteiger partial charge in [-0.05, 0) is 39.7 Å². The number of rotatable bonds is 9. The minimum absolute atomic E-state index is 0.109. The molecule has 0 amide bonds. The monoisotopic (exact) mass is 288 g/mol. The molecule has 4 heteroatoms. The van der Waals surface area contributed by atoms with Gasteiger partial charge in [0.05, 0.1) is 0 Å². The van der Waals surface area contributed by atoms with Crippen molar-refractivity contribution in [1.29, 1.82) is 0 Å². The molecule has 1 saturated heterocycles. The van der Waals surface area contributed by atoms with Gasteiger partial charge < -0.3 is 13.6 Å². The Bertz CT molecular complexity index is 232. The van der Waals surface area contributed by atoms with Crippen LogP contribution in [0.2, 0.25) is 6.04 Å². The van der Waals surface area contributed by atoms with Gasteiger partial charge in [-0.25, -0.2) is 0 Å². The lowest BCUT2D eigenvalue weighted by atomic mass is 10.0. The molecule has 3 nitrogen and oxygen atoms in total. The third kappa shape index (κ3) is 3.81. The van der Waals surface area contributed by atoms with Crippen molar-refractivity contribution >= 4 is 8.56 Å². The molecule has 0 aromatic rings. The van der Waals surface area contributed by atoms with E-state index in [4.69, 9.17) is 13.6 Å². The Balaban J connectivity index is 3.01. The molecule has 0 aromatic carbocycles. The molecule has 0 radical (unpaired) electrons. The van der Waals surface area contributed by atoms with E-state index in [-0.39, 0.29) is 5.22 Å². The van der Waals surface area contributed by atoms with Gasteiger partial charge in [-0.1, -0.05) is 32.6 Å². The average Bonchev–Trinajstić information content (AvgIpc) is 2.40. The highest BCUT2D eigenvalue weighted by Gasteiger charge is 2.59. The van der Waals surface area contributed by atoms with E-state index in [1.54, 1.807) is 0 Å². The van der Waals surface area contributed by atoms with Crippen LogP contribution in [-0.2, 0) is 13.6 Å². The molecule has 0 aliphatic carbocycles. The molecule has 0 spiro atoms. The van der Waals surface area contributed by atoms with Crippen molar-refractivity contribution < 1.29 is 13.6 Å². The van der Waals surface area contributed by atoms with Crippen molar-refractivity contribution in [1.82, 2.24) is 0 Å². The van der Waals surface area contributed by atoms with Crippen LogP contribution in [0.1, 0.15) is 66.2 Å². The molecule has 0 N–H and O–H groups in total.